The van der Waals surface area contributed by atoms with Crippen molar-refractivity contribution in [3.63, 3.8) is 0 Å². The van der Waals surface area contributed by atoms with E-state index < -0.39 is 0 Å². The van der Waals surface area contributed by atoms with Crippen molar-refractivity contribution in [3.05, 3.63) is 30.5 Å². The molecule has 0 aliphatic carbocycles. The van der Waals surface area contributed by atoms with Crippen molar-refractivity contribution in [1.82, 2.24) is 29.7 Å². The molecule has 0 radical (unpaired) electrons. The fraction of sp³-hybridized carbons (Fsp3) is 0.471. The van der Waals surface area contributed by atoms with Gasteiger partial charge in [-0.15, -0.1) is 10.2 Å². The van der Waals surface area contributed by atoms with Gasteiger partial charge in [0.15, 0.2) is 0 Å². The molecule has 1 saturated heterocycles. The molecule has 3 heterocycles. The third kappa shape index (κ3) is 2.86. The number of piperidine rings is 1. The van der Waals surface area contributed by atoms with E-state index in [0.29, 0.717) is 5.82 Å². The average molecular weight is 310 g/mol. The number of likely N-dealkylation sites (tertiary alicyclic amines) is 1. The minimum absolute atomic E-state index is 0.709. The van der Waals surface area contributed by atoms with Crippen LogP contribution in [0.3, 0.4) is 0 Å². The van der Waals surface area contributed by atoms with E-state index in [1.165, 1.54) is 43.3 Å². The topological polar surface area (TPSA) is 51.8 Å². The third-order valence-corrected chi connectivity index (χ3v) is 4.66. The molecule has 3 aromatic rings. The first-order valence-corrected chi connectivity index (χ1v) is 8.36. The van der Waals surface area contributed by atoms with Crippen molar-refractivity contribution in [2.45, 2.75) is 25.8 Å². The normalized spacial score (nSPS) is 16.2. The maximum absolute atomic E-state index is 4.58. The molecule has 1 aliphatic heterocycles. The lowest BCUT2D eigenvalue weighted by Gasteiger charge is -2.25. The van der Waals surface area contributed by atoms with E-state index >= 15 is 0 Å². The molecular weight excluding hydrogens is 288 g/mol. The fourth-order valence-corrected chi connectivity index (χ4v) is 3.38. The Labute approximate surface area is 135 Å². The third-order valence-electron chi connectivity index (χ3n) is 4.66. The van der Waals surface area contributed by atoms with Gasteiger partial charge in [-0.25, -0.2) is 0 Å². The summed E-state index contributed by atoms with van der Waals surface area (Å²) in [5.74, 6) is 0.709. The summed E-state index contributed by atoms with van der Waals surface area (Å²) in [4.78, 5) is 4.22. The van der Waals surface area contributed by atoms with Crippen molar-refractivity contribution in [2.75, 3.05) is 19.6 Å². The van der Waals surface area contributed by atoms with E-state index in [1.54, 1.807) is 4.80 Å². The summed E-state index contributed by atoms with van der Waals surface area (Å²) in [6.07, 6.45) is 6.07. The number of benzene rings is 1. The minimum Gasteiger partial charge on any atom is -0.350 e. The van der Waals surface area contributed by atoms with E-state index in [-0.39, 0.29) is 0 Å². The lowest BCUT2D eigenvalue weighted by atomic mass is 10.1. The highest BCUT2D eigenvalue weighted by molar-refractivity contribution is 5.94. The van der Waals surface area contributed by atoms with Crippen molar-refractivity contribution in [3.8, 4) is 11.4 Å². The molecule has 0 bridgehead atoms. The molecule has 6 heteroatoms. The summed E-state index contributed by atoms with van der Waals surface area (Å²) in [5.41, 5.74) is 2.24. The largest absolute Gasteiger partial charge is 0.350 e. The lowest BCUT2D eigenvalue weighted by Crippen LogP contribution is -2.33. The number of para-hydroxylation sites is 1. The van der Waals surface area contributed by atoms with E-state index in [1.807, 2.05) is 13.1 Å². The van der Waals surface area contributed by atoms with Crippen molar-refractivity contribution in [2.24, 2.45) is 7.05 Å². The lowest BCUT2D eigenvalue weighted by molar-refractivity contribution is 0.213. The summed E-state index contributed by atoms with van der Waals surface area (Å²) >= 11 is 0. The van der Waals surface area contributed by atoms with Crippen LogP contribution in [0.5, 0.6) is 0 Å². The predicted octanol–water partition coefficient (Wildman–Crippen LogP) is 2.32. The highest BCUT2D eigenvalue weighted by Gasteiger charge is 2.14. The number of aryl methyl sites for hydroxylation is 1. The number of nitrogens with zero attached hydrogens (tertiary/aromatic N) is 6. The van der Waals surface area contributed by atoms with Gasteiger partial charge in [0.1, 0.15) is 0 Å². The number of fused-ring (bicyclic) bond motifs is 1. The van der Waals surface area contributed by atoms with E-state index in [2.05, 4.69) is 49.3 Å². The molecule has 1 fully saturated rings. The van der Waals surface area contributed by atoms with Gasteiger partial charge in [-0.2, -0.15) is 4.80 Å². The van der Waals surface area contributed by atoms with Gasteiger partial charge in [0.25, 0.3) is 0 Å². The van der Waals surface area contributed by atoms with Gasteiger partial charge in [-0.1, -0.05) is 24.6 Å². The molecule has 0 spiro atoms. The first-order valence-electron chi connectivity index (χ1n) is 8.36. The van der Waals surface area contributed by atoms with Gasteiger partial charge >= 0.3 is 0 Å². The van der Waals surface area contributed by atoms with Crippen LogP contribution in [-0.2, 0) is 13.6 Å². The SMILES string of the molecule is Cn1cc(-c2nnn(CCN3CCCCC3)n2)c2ccccc21. The van der Waals surface area contributed by atoms with Crippen LogP contribution in [-0.4, -0.2) is 49.3 Å². The molecule has 0 atom stereocenters. The molecule has 1 aromatic carbocycles. The first-order chi connectivity index (χ1) is 11.3. The van der Waals surface area contributed by atoms with Crippen LogP contribution in [0.25, 0.3) is 22.3 Å². The Hall–Kier alpha value is -2.21. The number of aromatic nitrogens is 5. The zero-order valence-corrected chi connectivity index (χ0v) is 13.5. The molecule has 0 N–H and O–H groups in total. The van der Waals surface area contributed by atoms with Crippen LogP contribution in [0.4, 0.5) is 0 Å². The maximum atomic E-state index is 4.58. The highest BCUT2D eigenvalue weighted by atomic mass is 15.6. The molecule has 4 rings (SSSR count). The fourth-order valence-electron chi connectivity index (χ4n) is 3.38. The monoisotopic (exact) mass is 310 g/mol. The van der Waals surface area contributed by atoms with Crippen LogP contribution in [0.2, 0.25) is 0 Å². The molecular formula is C17H22N6. The predicted molar refractivity (Wildman–Crippen MR) is 90.0 cm³/mol. The number of rotatable bonds is 4. The van der Waals surface area contributed by atoms with Crippen molar-refractivity contribution in [1.29, 1.82) is 0 Å². The molecule has 0 unspecified atom stereocenters. The minimum atomic E-state index is 0.709. The molecule has 1 aliphatic rings. The molecule has 120 valence electrons. The van der Waals surface area contributed by atoms with E-state index in [0.717, 1.165) is 18.7 Å². The summed E-state index contributed by atoms with van der Waals surface area (Å²) in [6, 6.07) is 8.32. The summed E-state index contributed by atoms with van der Waals surface area (Å²) < 4.78 is 2.11. The van der Waals surface area contributed by atoms with Gasteiger partial charge in [-0.3, -0.25) is 0 Å². The van der Waals surface area contributed by atoms with Crippen LogP contribution >= 0.6 is 0 Å². The maximum Gasteiger partial charge on any atom is 0.207 e. The van der Waals surface area contributed by atoms with Crippen molar-refractivity contribution < 1.29 is 0 Å². The first kappa shape index (κ1) is 14.4. The molecule has 2 aromatic heterocycles. The Balaban J connectivity index is 1.52. The van der Waals surface area contributed by atoms with Crippen molar-refractivity contribution >= 4 is 10.9 Å². The van der Waals surface area contributed by atoms with Crippen LogP contribution < -0.4 is 0 Å². The molecule has 23 heavy (non-hydrogen) atoms. The second-order valence-corrected chi connectivity index (χ2v) is 6.28. The van der Waals surface area contributed by atoms with Gasteiger partial charge in [0, 0.05) is 36.3 Å². The Morgan fingerprint density at radius 1 is 1.04 bits per heavy atom. The van der Waals surface area contributed by atoms with Crippen LogP contribution in [0.15, 0.2) is 30.5 Å². The van der Waals surface area contributed by atoms with Gasteiger partial charge in [0.2, 0.25) is 5.82 Å². The second-order valence-electron chi connectivity index (χ2n) is 6.28. The van der Waals surface area contributed by atoms with E-state index in [4.69, 9.17) is 0 Å². The smallest absolute Gasteiger partial charge is 0.207 e. The molecule has 0 saturated carbocycles. The zero-order chi connectivity index (χ0) is 15.6. The number of hydrogen-bond acceptors (Lipinski definition) is 4. The Bertz CT molecular complexity index is 796. The number of hydrogen-bond donors (Lipinski definition) is 0. The average Bonchev–Trinajstić information content (AvgIpc) is 3.19. The van der Waals surface area contributed by atoms with Gasteiger partial charge in [0.05, 0.1) is 6.54 Å². The Morgan fingerprint density at radius 3 is 2.74 bits per heavy atom. The Morgan fingerprint density at radius 2 is 1.87 bits per heavy atom. The van der Waals surface area contributed by atoms with Crippen LogP contribution in [0, 0.1) is 0 Å². The highest BCUT2D eigenvalue weighted by Crippen LogP contribution is 2.27. The standard InChI is InChI=1S/C17H22N6/c1-21-13-15(14-7-3-4-8-16(14)21)17-18-20-23(19-17)12-11-22-9-5-2-6-10-22/h3-4,7-8,13H,2,5-6,9-12H2,1H3. The second kappa shape index (κ2) is 6.12. The Kier molecular flexibility index (Phi) is 3.83. The summed E-state index contributed by atoms with van der Waals surface area (Å²) in [5, 5.41) is 14.3. The molecule has 0 amide bonds. The van der Waals surface area contributed by atoms with Gasteiger partial charge in [-0.05, 0) is 37.2 Å². The molecule has 6 nitrogen and oxygen atoms in total. The van der Waals surface area contributed by atoms with Crippen LogP contribution in [0.1, 0.15) is 19.3 Å². The quantitative estimate of drug-likeness (QED) is 0.742. The number of tetrazole rings is 1. The zero-order valence-electron chi connectivity index (χ0n) is 13.5. The van der Waals surface area contributed by atoms with E-state index in [9.17, 15) is 0 Å². The summed E-state index contributed by atoms with van der Waals surface area (Å²) in [6.45, 7) is 4.21. The van der Waals surface area contributed by atoms with Gasteiger partial charge < -0.3 is 9.47 Å². The summed E-state index contributed by atoms with van der Waals surface area (Å²) in [7, 11) is 2.05.